The maximum Gasteiger partial charge on any atom is 0.435 e. The minimum atomic E-state index is -4.66. The summed E-state index contributed by atoms with van der Waals surface area (Å²) < 4.78 is 43.7. The second kappa shape index (κ2) is 7.52. The van der Waals surface area contributed by atoms with Crippen molar-refractivity contribution in [3.8, 4) is 5.75 Å². The highest BCUT2D eigenvalue weighted by Crippen LogP contribution is 2.43. The van der Waals surface area contributed by atoms with E-state index < -0.39 is 17.9 Å². The molecule has 0 fully saturated rings. The topological polar surface area (TPSA) is 63.0 Å². The molecule has 2 N–H and O–H groups in total. The molecule has 1 atom stereocenters. The quantitative estimate of drug-likeness (QED) is 0.344. The monoisotopic (exact) mass is 454 g/mol. The Bertz CT molecular complexity index is 1410. The highest BCUT2D eigenvalue weighted by atomic mass is 32.1. The number of para-hydroxylation sites is 1. The van der Waals surface area contributed by atoms with Gasteiger partial charge in [-0.2, -0.15) is 18.3 Å². The lowest BCUT2D eigenvalue weighted by molar-refractivity contribution is -0.142. The van der Waals surface area contributed by atoms with Gasteiger partial charge in [0.25, 0.3) is 0 Å². The molecule has 1 unspecified atom stereocenters. The van der Waals surface area contributed by atoms with Gasteiger partial charge in [0.1, 0.15) is 5.75 Å². The SMILES string of the molecule is Cn1cc(C(Nc2nc3ccccc3s2)c2c(O)ccc3ccccc23)c(C(F)(F)F)n1. The van der Waals surface area contributed by atoms with Crippen LogP contribution in [0.25, 0.3) is 21.0 Å². The van der Waals surface area contributed by atoms with Crippen LogP contribution in [0.15, 0.2) is 66.9 Å². The number of thiazole rings is 1. The second-order valence-electron chi connectivity index (χ2n) is 7.39. The smallest absolute Gasteiger partial charge is 0.435 e. The fourth-order valence-corrected chi connectivity index (χ4v) is 4.78. The molecule has 32 heavy (non-hydrogen) atoms. The Balaban J connectivity index is 1.75. The molecule has 5 nitrogen and oxygen atoms in total. The lowest BCUT2D eigenvalue weighted by Gasteiger charge is -2.22. The highest BCUT2D eigenvalue weighted by Gasteiger charge is 2.40. The summed E-state index contributed by atoms with van der Waals surface area (Å²) in [5.74, 6) is -0.112. The number of nitrogens with one attached hydrogen (secondary N) is 1. The first-order valence-electron chi connectivity index (χ1n) is 9.75. The van der Waals surface area contributed by atoms with Crippen LogP contribution in [0.2, 0.25) is 0 Å². The van der Waals surface area contributed by atoms with Gasteiger partial charge in [0, 0.05) is 24.4 Å². The molecular weight excluding hydrogens is 437 g/mol. The number of halogens is 3. The van der Waals surface area contributed by atoms with E-state index in [4.69, 9.17) is 0 Å². The molecule has 2 heterocycles. The zero-order valence-corrected chi connectivity index (χ0v) is 17.6. The van der Waals surface area contributed by atoms with Gasteiger partial charge in [-0.3, -0.25) is 4.68 Å². The molecule has 5 rings (SSSR count). The summed E-state index contributed by atoms with van der Waals surface area (Å²) >= 11 is 1.33. The lowest BCUT2D eigenvalue weighted by Crippen LogP contribution is -2.18. The second-order valence-corrected chi connectivity index (χ2v) is 8.42. The Morgan fingerprint density at radius 2 is 1.78 bits per heavy atom. The van der Waals surface area contributed by atoms with Gasteiger partial charge in [-0.25, -0.2) is 4.98 Å². The molecule has 0 aliphatic rings. The van der Waals surface area contributed by atoms with E-state index in [1.165, 1.54) is 30.6 Å². The molecule has 0 radical (unpaired) electrons. The van der Waals surface area contributed by atoms with E-state index >= 15 is 0 Å². The molecule has 3 aromatic carbocycles. The predicted octanol–water partition coefficient (Wildman–Crippen LogP) is 6.11. The summed E-state index contributed by atoms with van der Waals surface area (Å²) in [4.78, 5) is 4.53. The van der Waals surface area contributed by atoms with Gasteiger partial charge in [0.05, 0.1) is 16.3 Å². The van der Waals surface area contributed by atoms with Crippen molar-refractivity contribution >= 4 is 37.5 Å². The van der Waals surface area contributed by atoms with Crippen molar-refractivity contribution in [1.82, 2.24) is 14.8 Å². The molecule has 0 saturated heterocycles. The molecule has 0 aliphatic carbocycles. The van der Waals surface area contributed by atoms with Gasteiger partial charge in [-0.05, 0) is 29.0 Å². The Kier molecular flexibility index (Phi) is 4.78. The van der Waals surface area contributed by atoms with Crippen molar-refractivity contribution in [2.45, 2.75) is 12.2 Å². The van der Waals surface area contributed by atoms with Gasteiger partial charge in [-0.1, -0.05) is 53.8 Å². The summed E-state index contributed by atoms with van der Waals surface area (Å²) in [5.41, 5.74) is -0.0270. The molecule has 9 heteroatoms. The standard InChI is InChI=1S/C23H17F3N4OS/c1-30-12-15(21(29-30)23(24,25)26)20(28-22-27-16-8-4-5-9-18(16)32-22)19-14-7-3-2-6-13(14)10-11-17(19)31/h2-12,20,31H,1H3,(H,27,28). The maximum absolute atomic E-state index is 13.9. The van der Waals surface area contributed by atoms with E-state index in [1.54, 1.807) is 18.2 Å². The van der Waals surface area contributed by atoms with Gasteiger partial charge >= 0.3 is 6.18 Å². The number of aromatic hydroxyl groups is 1. The van der Waals surface area contributed by atoms with Crippen molar-refractivity contribution in [2.24, 2.45) is 7.05 Å². The molecule has 5 aromatic rings. The Morgan fingerprint density at radius 1 is 1.03 bits per heavy atom. The summed E-state index contributed by atoms with van der Waals surface area (Å²) in [6.07, 6.45) is -3.33. The van der Waals surface area contributed by atoms with Gasteiger partial charge in [0.2, 0.25) is 0 Å². The lowest BCUT2D eigenvalue weighted by atomic mass is 9.93. The zero-order valence-electron chi connectivity index (χ0n) is 16.8. The number of aryl methyl sites for hydroxylation is 1. The molecule has 162 valence electrons. The Labute approximate surface area is 184 Å². The maximum atomic E-state index is 13.9. The van der Waals surface area contributed by atoms with Crippen LogP contribution in [0.1, 0.15) is 22.9 Å². The van der Waals surface area contributed by atoms with Crippen molar-refractivity contribution < 1.29 is 18.3 Å². The number of hydrogen-bond donors (Lipinski definition) is 2. The van der Waals surface area contributed by atoms with Crippen LogP contribution < -0.4 is 5.32 Å². The van der Waals surface area contributed by atoms with E-state index in [0.717, 1.165) is 20.3 Å². The number of phenols is 1. The molecule has 0 spiro atoms. The summed E-state index contributed by atoms with van der Waals surface area (Å²) in [7, 11) is 1.44. The van der Waals surface area contributed by atoms with Crippen molar-refractivity contribution in [3.05, 3.63) is 83.7 Å². The first kappa shape index (κ1) is 20.3. The van der Waals surface area contributed by atoms with Gasteiger partial charge in [-0.15, -0.1) is 0 Å². The Hall–Kier alpha value is -3.59. The predicted molar refractivity (Wildman–Crippen MR) is 119 cm³/mol. The highest BCUT2D eigenvalue weighted by molar-refractivity contribution is 7.22. The van der Waals surface area contributed by atoms with Crippen LogP contribution in [0, 0.1) is 0 Å². The number of nitrogens with zero attached hydrogens (tertiary/aromatic N) is 3. The zero-order chi connectivity index (χ0) is 22.5. The fraction of sp³-hybridized carbons (Fsp3) is 0.130. The van der Waals surface area contributed by atoms with Crippen LogP contribution in [0.5, 0.6) is 5.75 Å². The third kappa shape index (κ3) is 3.54. The molecule has 0 bridgehead atoms. The third-order valence-corrected chi connectivity index (χ3v) is 6.20. The summed E-state index contributed by atoms with van der Waals surface area (Å²) in [5, 5.41) is 19.5. The number of hydrogen-bond acceptors (Lipinski definition) is 5. The Morgan fingerprint density at radius 3 is 2.56 bits per heavy atom. The van der Waals surface area contributed by atoms with E-state index in [9.17, 15) is 18.3 Å². The number of phenolic OH excluding ortho intramolecular Hbond substituents is 1. The van der Waals surface area contributed by atoms with E-state index in [0.29, 0.717) is 16.1 Å². The van der Waals surface area contributed by atoms with Gasteiger partial charge in [0.15, 0.2) is 10.8 Å². The van der Waals surface area contributed by atoms with E-state index in [-0.39, 0.29) is 11.3 Å². The summed E-state index contributed by atoms with van der Waals surface area (Å²) in [6, 6.07) is 16.9. The number of aromatic nitrogens is 3. The van der Waals surface area contributed by atoms with E-state index in [2.05, 4.69) is 15.4 Å². The number of fused-ring (bicyclic) bond motifs is 2. The normalized spacial score (nSPS) is 13.0. The average molecular weight is 454 g/mol. The van der Waals surface area contributed by atoms with Gasteiger partial charge < -0.3 is 10.4 Å². The molecule has 2 aromatic heterocycles. The number of benzene rings is 3. The van der Waals surface area contributed by atoms with Crippen molar-refractivity contribution in [2.75, 3.05) is 5.32 Å². The summed E-state index contributed by atoms with van der Waals surface area (Å²) in [6.45, 7) is 0. The van der Waals surface area contributed by atoms with Crippen molar-refractivity contribution in [1.29, 1.82) is 0 Å². The van der Waals surface area contributed by atoms with Crippen LogP contribution in [0.3, 0.4) is 0 Å². The number of alkyl halides is 3. The minimum Gasteiger partial charge on any atom is -0.508 e. The molecule has 0 saturated carbocycles. The third-order valence-electron chi connectivity index (χ3n) is 5.23. The first-order valence-corrected chi connectivity index (χ1v) is 10.6. The number of rotatable bonds is 4. The average Bonchev–Trinajstić information content (AvgIpc) is 3.35. The van der Waals surface area contributed by atoms with Crippen LogP contribution in [0.4, 0.5) is 18.3 Å². The molecule has 0 amide bonds. The van der Waals surface area contributed by atoms with Crippen LogP contribution >= 0.6 is 11.3 Å². The fourth-order valence-electron chi connectivity index (χ4n) is 3.89. The largest absolute Gasteiger partial charge is 0.508 e. The van der Waals surface area contributed by atoms with Crippen molar-refractivity contribution in [3.63, 3.8) is 0 Å². The molecule has 0 aliphatic heterocycles. The van der Waals surface area contributed by atoms with Crippen LogP contribution in [-0.4, -0.2) is 19.9 Å². The minimum absolute atomic E-state index is 0.0918. The first-order chi connectivity index (χ1) is 15.3. The molecular formula is C23H17F3N4OS. The van der Waals surface area contributed by atoms with Crippen LogP contribution in [-0.2, 0) is 13.2 Å². The van der Waals surface area contributed by atoms with E-state index in [1.807, 2.05) is 36.4 Å². The number of anilines is 1.